The van der Waals surface area contributed by atoms with Crippen LogP contribution in [0.2, 0.25) is 0 Å². The van der Waals surface area contributed by atoms with E-state index in [1.807, 2.05) is 0 Å². The molecule has 0 aliphatic heterocycles. The lowest BCUT2D eigenvalue weighted by Gasteiger charge is -2.20. The fourth-order valence-electron chi connectivity index (χ4n) is 2.38. The van der Waals surface area contributed by atoms with Gasteiger partial charge in [-0.05, 0) is 39.3 Å². The van der Waals surface area contributed by atoms with Crippen LogP contribution in [0.3, 0.4) is 0 Å². The Kier molecular flexibility index (Phi) is 3.88. The van der Waals surface area contributed by atoms with E-state index < -0.39 is 24.3 Å². The highest BCUT2D eigenvalue weighted by atomic mass is 16.6. The zero-order valence-electron chi connectivity index (χ0n) is 15.7. The molecule has 0 aliphatic rings. The summed E-state index contributed by atoms with van der Waals surface area (Å²) in [7, 11) is 0. The summed E-state index contributed by atoms with van der Waals surface area (Å²) in [5, 5.41) is 0.683. The van der Waals surface area contributed by atoms with Gasteiger partial charge in [0.2, 0.25) is 0 Å². The van der Waals surface area contributed by atoms with E-state index in [1.165, 1.54) is 4.57 Å². The first kappa shape index (κ1) is 14.1. The number of nitrogens with zero attached hydrogens (tertiary/aromatic N) is 1. The van der Waals surface area contributed by atoms with Crippen LogP contribution in [-0.4, -0.2) is 28.9 Å². The summed E-state index contributed by atoms with van der Waals surface area (Å²) in [6.07, 6.45) is -1.99. The molecular formula is C17H22N2O4. The van der Waals surface area contributed by atoms with Crippen LogP contribution in [0.15, 0.2) is 24.3 Å². The van der Waals surface area contributed by atoms with Gasteiger partial charge in [0.15, 0.2) is 0 Å². The van der Waals surface area contributed by atoms with Crippen LogP contribution in [0.25, 0.3) is 10.9 Å². The zero-order valence-corrected chi connectivity index (χ0v) is 13.7. The van der Waals surface area contributed by atoms with Gasteiger partial charge >= 0.3 is 12.2 Å². The third-order valence-corrected chi connectivity index (χ3v) is 3.24. The number of aromatic nitrogens is 1. The molecule has 1 aromatic carbocycles. The number of carbonyl (C=O) groups is 2. The maximum atomic E-state index is 12.6. The summed E-state index contributed by atoms with van der Waals surface area (Å²) in [5.41, 5.74) is 5.92. The fourth-order valence-corrected chi connectivity index (χ4v) is 2.38. The van der Waals surface area contributed by atoms with E-state index in [2.05, 4.69) is 4.74 Å². The van der Waals surface area contributed by atoms with Gasteiger partial charge in [0.25, 0.3) is 0 Å². The van der Waals surface area contributed by atoms with Crippen molar-refractivity contribution in [2.75, 3.05) is 6.56 Å². The summed E-state index contributed by atoms with van der Waals surface area (Å²) in [6.45, 7) is 4.71. The quantitative estimate of drug-likeness (QED) is 0.939. The van der Waals surface area contributed by atoms with Gasteiger partial charge in [-0.1, -0.05) is 18.2 Å². The standard InChI is InChI=1S/C17H22N2O4/c1-11-12(9-10-22-15(18)20)13-7-5-6-8-14(13)19(11)16(21)23-17(2,3)4/h5-8H,9-10H2,1-4H3,(H2,18,20)/i10D2. The molecule has 2 N–H and O–H groups in total. The van der Waals surface area contributed by atoms with Gasteiger partial charge in [-0.3, -0.25) is 0 Å². The van der Waals surface area contributed by atoms with Crippen LogP contribution in [0, 0.1) is 6.92 Å². The number of carbonyl (C=O) groups excluding carboxylic acids is 2. The number of rotatable bonds is 3. The maximum Gasteiger partial charge on any atom is 0.419 e. The first-order chi connectivity index (χ1) is 11.4. The van der Waals surface area contributed by atoms with Crippen molar-refractivity contribution in [1.29, 1.82) is 0 Å². The number of aryl methyl sites for hydroxylation is 1. The molecule has 6 nitrogen and oxygen atoms in total. The SMILES string of the molecule is [2H]C([2H])(Cc1c(C)n(C(=O)OC(C)(C)C)c2ccccc12)OC(N)=O. The highest BCUT2D eigenvalue weighted by Gasteiger charge is 2.23. The number of nitrogens with two attached hydrogens (primary N) is 1. The molecule has 6 heteroatoms. The average molecular weight is 320 g/mol. The largest absolute Gasteiger partial charge is 0.449 e. The molecule has 0 bridgehead atoms. The Morgan fingerprint density at radius 2 is 1.96 bits per heavy atom. The van der Waals surface area contributed by atoms with Gasteiger partial charge in [-0.2, -0.15) is 0 Å². The minimum Gasteiger partial charge on any atom is -0.449 e. The fraction of sp³-hybridized carbons (Fsp3) is 0.412. The Morgan fingerprint density at radius 3 is 2.57 bits per heavy atom. The summed E-state index contributed by atoms with van der Waals surface area (Å²) in [6, 6.07) is 7.09. The highest BCUT2D eigenvalue weighted by Crippen LogP contribution is 2.27. The van der Waals surface area contributed by atoms with Gasteiger partial charge in [-0.15, -0.1) is 0 Å². The van der Waals surface area contributed by atoms with Crippen LogP contribution in [0.5, 0.6) is 0 Å². The lowest BCUT2D eigenvalue weighted by atomic mass is 10.1. The molecule has 2 rings (SSSR count). The number of fused-ring (bicyclic) bond motifs is 1. The van der Waals surface area contributed by atoms with E-state index in [-0.39, 0.29) is 6.42 Å². The Morgan fingerprint density at radius 1 is 1.30 bits per heavy atom. The van der Waals surface area contributed by atoms with E-state index in [1.54, 1.807) is 52.0 Å². The number of ether oxygens (including phenoxy) is 2. The second-order valence-corrected chi connectivity index (χ2v) is 6.14. The molecule has 1 amide bonds. The zero-order chi connectivity index (χ0) is 19.0. The van der Waals surface area contributed by atoms with E-state index in [9.17, 15) is 9.59 Å². The Bertz CT molecular complexity index is 822. The maximum absolute atomic E-state index is 12.6. The first-order valence-electron chi connectivity index (χ1n) is 8.22. The predicted octanol–water partition coefficient (Wildman–Crippen LogP) is 3.37. The van der Waals surface area contributed by atoms with Crippen molar-refractivity contribution < 1.29 is 21.8 Å². The first-order valence-corrected chi connectivity index (χ1v) is 7.22. The number of amides is 1. The van der Waals surface area contributed by atoms with Crippen molar-refractivity contribution in [3.05, 3.63) is 35.5 Å². The molecule has 0 unspecified atom stereocenters. The molecule has 0 atom stereocenters. The molecule has 0 fully saturated rings. The summed E-state index contributed by atoms with van der Waals surface area (Å²) in [5.74, 6) is 0. The average Bonchev–Trinajstić information content (AvgIpc) is 2.68. The smallest absolute Gasteiger partial charge is 0.419 e. The van der Waals surface area contributed by atoms with Crippen molar-refractivity contribution >= 4 is 23.1 Å². The van der Waals surface area contributed by atoms with Crippen molar-refractivity contribution in [2.45, 2.75) is 39.7 Å². The number of para-hydroxylation sites is 1. The summed E-state index contributed by atoms with van der Waals surface area (Å²) >= 11 is 0. The van der Waals surface area contributed by atoms with Crippen LogP contribution >= 0.6 is 0 Å². The van der Waals surface area contributed by atoms with Crippen LogP contribution in [0.4, 0.5) is 9.59 Å². The monoisotopic (exact) mass is 320 g/mol. The second-order valence-electron chi connectivity index (χ2n) is 6.14. The van der Waals surface area contributed by atoms with Crippen molar-refractivity contribution in [3.63, 3.8) is 0 Å². The van der Waals surface area contributed by atoms with Gasteiger partial charge in [0.1, 0.15) is 5.60 Å². The number of primary amides is 1. The van der Waals surface area contributed by atoms with E-state index >= 15 is 0 Å². The molecule has 1 heterocycles. The van der Waals surface area contributed by atoms with Gasteiger partial charge < -0.3 is 15.2 Å². The molecule has 1 aromatic heterocycles. The van der Waals surface area contributed by atoms with Crippen molar-refractivity contribution in [1.82, 2.24) is 4.57 Å². The van der Waals surface area contributed by atoms with Crippen LogP contribution < -0.4 is 5.73 Å². The minimum atomic E-state index is -2.29. The van der Waals surface area contributed by atoms with Gasteiger partial charge in [-0.25, -0.2) is 14.2 Å². The Labute approximate surface area is 138 Å². The number of hydrogen-bond donors (Lipinski definition) is 1. The van der Waals surface area contributed by atoms with Gasteiger partial charge in [0.05, 0.1) is 14.8 Å². The molecule has 0 spiro atoms. The molecule has 2 aromatic rings. The van der Waals surface area contributed by atoms with E-state index in [0.29, 0.717) is 22.2 Å². The molecule has 0 saturated carbocycles. The molecule has 124 valence electrons. The Balaban J connectivity index is 2.54. The second kappa shape index (κ2) is 6.32. The van der Waals surface area contributed by atoms with Crippen LogP contribution in [0.1, 0.15) is 34.8 Å². The van der Waals surface area contributed by atoms with Crippen molar-refractivity contribution in [3.8, 4) is 0 Å². The van der Waals surface area contributed by atoms with Crippen LogP contribution in [-0.2, 0) is 15.9 Å². The lowest BCUT2D eigenvalue weighted by molar-refractivity contribution is 0.0541. The molecule has 23 heavy (non-hydrogen) atoms. The third kappa shape index (κ3) is 3.83. The summed E-state index contributed by atoms with van der Waals surface area (Å²) < 4.78 is 27.1. The Hall–Kier alpha value is -2.50. The minimum absolute atomic E-state index is 0.238. The highest BCUT2D eigenvalue weighted by molar-refractivity contribution is 5.93. The molecule has 0 radical (unpaired) electrons. The number of hydrogen-bond acceptors (Lipinski definition) is 4. The third-order valence-electron chi connectivity index (χ3n) is 3.24. The van der Waals surface area contributed by atoms with Gasteiger partial charge in [0, 0.05) is 17.5 Å². The molecule has 0 saturated heterocycles. The summed E-state index contributed by atoms with van der Waals surface area (Å²) in [4.78, 5) is 23.5. The lowest BCUT2D eigenvalue weighted by Crippen LogP contribution is -2.27. The topological polar surface area (TPSA) is 83.6 Å². The van der Waals surface area contributed by atoms with E-state index in [4.69, 9.17) is 13.2 Å². The number of benzene rings is 1. The predicted molar refractivity (Wildman–Crippen MR) is 87.5 cm³/mol. The molecular weight excluding hydrogens is 296 g/mol. The normalized spacial score (nSPS) is 13.4. The molecule has 0 aliphatic carbocycles. The van der Waals surface area contributed by atoms with E-state index in [0.717, 1.165) is 0 Å². The van der Waals surface area contributed by atoms with Crippen molar-refractivity contribution in [2.24, 2.45) is 5.73 Å².